The molecule has 2 rings (SSSR count). The minimum atomic E-state index is 0.921. The van der Waals surface area contributed by atoms with Gasteiger partial charge < -0.3 is 0 Å². The lowest BCUT2D eigenvalue weighted by Crippen LogP contribution is -2.37. The van der Waals surface area contributed by atoms with Crippen molar-refractivity contribution in [3.63, 3.8) is 0 Å². The molecule has 0 aliphatic carbocycles. The molecule has 2 aromatic heterocycles. The lowest BCUT2D eigenvalue weighted by atomic mass is 10.3. The zero-order chi connectivity index (χ0) is 10.5. The van der Waals surface area contributed by atoms with Gasteiger partial charge in [-0.2, -0.15) is 4.37 Å². The van der Waals surface area contributed by atoms with Gasteiger partial charge in [0.15, 0.2) is 12.7 Å². The van der Waals surface area contributed by atoms with Gasteiger partial charge in [-0.3, -0.25) is 0 Å². The molecule has 4 nitrogen and oxygen atoms in total. The van der Waals surface area contributed by atoms with Crippen molar-refractivity contribution in [2.75, 3.05) is 0 Å². The molecule has 0 aliphatic rings. The summed E-state index contributed by atoms with van der Waals surface area (Å²) in [5.74, 6) is 0. The summed E-state index contributed by atoms with van der Waals surface area (Å²) in [6.07, 6.45) is 7.75. The molecule has 0 amide bonds. The fourth-order valence-corrected chi connectivity index (χ4v) is 1.78. The van der Waals surface area contributed by atoms with Crippen LogP contribution in [0.25, 0.3) is 10.6 Å². The van der Waals surface area contributed by atoms with E-state index in [4.69, 9.17) is 0 Å². The second-order valence-corrected chi connectivity index (χ2v) is 4.06. The smallest absolute Gasteiger partial charge is 0.197 e. The summed E-state index contributed by atoms with van der Waals surface area (Å²) >= 11 is 1.39. The molecule has 0 unspecified atom stereocenters. The average molecular weight is 221 g/mol. The van der Waals surface area contributed by atoms with Crippen molar-refractivity contribution in [1.82, 2.24) is 14.5 Å². The minimum absolute atomic E-state index is 0.921. The molecule has 0 radical (unpaired) electrons. The largest absolute Gasteiger partial charge is 0.223 e. The molecule has 0 spiro atoms. The van der Waals surface area contributed by atoms with Crippen LogP contribution in [0.5, 0.6) is 0 Å². The van der Waals surface area contributed by atoms with Crippen LogP contribution in [0.15, 0.2) is 24.8 Å². The highest BCUT2D eigenvalue weighted by molar-refractivity contribution is 7.09. The Bertz CT molecular complexity index is 396. The minimum Gasteiger partial charge on any atom is -0.223 e. The standard InChI is InChI=1S/C10H13N4S/c1-2-3-5-14-6-4-9(7-12-14)10-11-8-13-15-10/h4,6-8H,2-3,5H2,1H3/q+1. The van der Waals surface area contributed by atoms with E-state index >= 15 is 0 Å². The van der Waals surface area contributed by atoms with Crippen LogP contribution in [0.1, 0.15) is 19.8 Å². The molecule has 0 saturated carbocycles. The van der Waals surface area contributed by atoms with Crippen LogP contribution in [0, 0.1) is 0 Å². The van der Waals surface area contributed by atoms with E-state index in [2.05, 4.69) is 21.4 Å². The van der Waals surface area contributed by atoms with Gasteiger partial charge >= 0.3 is 0 Å². The molecule has 15 heavy (non-hydrogen) atoms. The van der Waals surface area contributed by atoms with Gasteiger partial charge in [0.25, 0.3) is 0 Å². The molecule has 2 aromatic rings. The van der Waals surface area contributed by atoms with E-state index in [1.807, 2.05) is 23.1 Å². The van der Waals surface area contributed by atoms with Crippen LogP contribution in [0.2, 0.25) is 0 Å². The number of aromatic nitrogens is 4. The Morgan fingerprint density at radius 1 is 1.47 bits per heavy atom. The zero-order valence-electron chi connectivity index (χ0n) is 8.63. The van der Waals surface area contributed by atoms with E-state index in [1.54, 1.807) is 6.33 Å². The molecule has 0 aromatic carbocycles. The summed E-state index contributed by atoms with van der Waals surface area (Å²) in [5.41, 5.74) is 1.03. The Labute approximate surface area is 92.8 Å². The Balaban J connectivity index is 2.11. The molecule has 0 fully saturated rings. The van der Waals surface area contributed by atoms with Crippen LogP contribution in [-0.2, 0) is 6.54 Å². The van der Waals surface area contributed by atoms with Crippen molar-refractivity contribution >= 4 is 11.5 Å². The first-order valence-electron chi connectivity index (χ1n) is 5.03. The number of nitrogens with zero attached hydrogens (tertiary/aromatic N) is 4. The van der Waals surface area contributed by atoms with Gasteiger partial charge in [0, 0.05) is 18.1 Å². The summed E-state index contributed by atoms with van der Waals surface area (Å²) in [5, 5.41) is 5.25. The molecular formula is C10H13N4S+. The van der Waals surface area contributed by atoms with Gasteiger partial charge in [0.05, 0.1) is 0 Å². The monoisotopic (exact) mass is 221 g/mol. The van der Waals surface area contributed by atoms with Crippen molar-refractivity contribution in [2.24, 2.45) is 0 Å². The quantitative estimate of drug-likeness (QED) is 0.738. The highest BCUT2D eigenvalue weighted by Crippen LogP contribution is 2.16. The summed E-state index contributed by atoms with van der Waals surface area (Å²) < 4.78 is 5.92. The molecule has 0 atom stereocenters. The number of hydrogen-bond donors (Lipinski definition) is 0. The third kappa shape index (κ3) is 2.56. The highest BCUT2D eigenvalue weighted by Gasteiger charge is 2.05. The van der Waals surface area contributed by atoms with Crippen LogP contribution in [-0.4, -0.2) is 14.5 Å². The van der Waals surface area contributed by atoms with Gasteiger partial charge in [-0.25, -0.2) is 4.98 Å². The summed E-state index contributed by atoms with van der Waals surface area (Å²) in [6, 6.07) is 2.03. The molecule has 2 heterocycles. The molecule has 0 saturated heterocycles. The normalized spacial score (nSPS) is 10.5. The highest BCUT2D eigenvalue weighted by atomic mass is 32.1. The Hall–Kier alpha value is -1.36. The van der Waals surface area contributed by atoms with Gasteiger partial charge in [0.1, 0.15) is 17.5 Å². The maximum absolute atomic E-state index is 4.33. The van der Waals surface area contributed by atoms with Crippen molar-refractivity contribution < 1.29 is 4.68 Å². The number of unbranched alkanes of at least 4 members (excludes halogenated alkanes) is 1. The molecule has 0 N–H and O–H groups in total. The van der Waals surface area contributed by atoms with Crippen molar-refractivity contribution in [1.29, 1.82) is 0 Å². The first-order valence-corrected chi connectivity index (χ1v) is 5.80. The van der Waals surface area contributed by atoms with Crippen LogP contribution < -0.4 is 4.68 Å². The molecule has 0 bridgehead atoms. The Morgan fingerprint density at radius 3 is 3.00 bits per heavy atom. The topological polar surface area (TPSA) is 42.5 Å². The summed E-state index contributed by atoms with van der Waals surface area (Å²) in [7, 11) is 0. The molecule has 0 aliphatic heterocycles. The van der Waals surface area contributed by atoms with Crippen molar-refractivity contribution in [2.45, 2.75) is 26.3 Å². The molecule has 5 heteroatoms. The number of hydrogen-bond acceptors (Lipinski definition) is 4. The first kappa shape index (κ1) is 10.2. The van der Waals surface area contributed by atoms with E-state index < -0.39 is 0 Å². The lowest BCUT2D eigenvalue weighted by molar-refractivity contribution is -0.754. The van der Waals surface area contributed by atoms with Crippen molar-refractivity contribution in [3.05, 3.63) is 24.8 Å². The maximum atomic E-state index is 4.33. The van der Waals surface area contributed by atoms with Gasteiger partial charge in [-0.15, -0.1) is 0 Å². The van der Waals surface area contributed by atoms with E-state index in [-0.39, 0.29) is 0 Å². The van der Waals surface area contributed by atoms with E-state index in [0.29, 0.717) is 0 Å². The summed E-state index contributed by atoms with van der Waals surface area (Å²) in [6.45, 7) is 3.16. The van der Waals surface area contributed by atoms with E-state index in [1.165, 1.54) is 18.0 Å². The second kappa shape index (κ2) is 4.93. The van der Waals surface area contributed by atoms with Crippen LogP contribution in [0.3, 0.4) is 0 Å². The third-order valence-electron chi connectivity index (χ3n) is 2.12. The Morgan fingerprint density at radius 2 is 2.40 bits per heavy atom. The average Bonchev–Trinajstić information content (AvgIpc) is 2.80. The molecular weight excluding hydrogens is 208 g/mol. The Kier molecular flexibility index (Phi) is 3.34. The van der Waals surface area contributed by atoms with E-state index in [9.17, 15) is 0 Å². The predicted octanol–water partition coefficient (Wildman–Crippen LogP) is 1.69. The van der Waals surface area contributed by atoms with Gasteiger partial charge in [-0.1, -0.05) is 18.0 Å². The van der Waals surface area contributed by atoms with Crippen molar-refractivity contribution in [3.8, 4) is 10.6 Å². The summed E-state index contributed by atoms with van der Waals surface area (Å²) in [4.78, 5) is 4.14. The zero-order valence-corrected chi connectivity index (χ0v) is 9.44. The van der Waals surface area contributed by atoms with Gasteiger partial charge in [0.2, 0.25) is 0 Å². The fraction of sp³-hybridized carbons (Fsp3) is 0.400. The van der Waals surface area contributed by atoms with Crippen LogP contribution >= 0.6 is 11.5 Å². The second-order valence-electron chi connectivity index (χ2n) is 3.28. The predicted molar refractivity (Wildman–Crippen MR) is 58.2 cm³/mol. The number of aryl methyl sites for hydroxylation is 1. The van der Waals surface area contributed by atoms with E-state index in [0.717, 1.165) is 23.5 Å². The molecule has 78 valence electrons. The SMILES string of the molecule is CCCC[n+]1ccc(-c2ncns2)cn1. The van der Waals surface area contributed by atoms with Gasteiger partial charge in [-0.05, 0) is 16.6 Å². The number of rotatable bonds is 4. The maximum Gasteiger partial charge on any atom is 0.197 e. The lowest BCUT2D eigenvalue weighted by Gasteiger charge is -1.94. The third-order valence-corrected chi connectivity index (χ3v) is 2.83. The first-order chi connectivity index (χ1) is 7.40. The van der Waals surface area contributed by atoms with Crippen LogP contribution in [0.4, 0.5) is 0 Å². The fourth-order valence-electron chi connectivity index (χ4n) is 1.26.